The topological polar surface area (TPSA) is 51.0 Å². The van der Waals surface area contributed by atoms with Crippen molar-refractivity contribution in [3.8, 4) is 0 Å². The number of carbonyl (C=O) groups excluding carboxylic acids is 1. The maximum absolute atomic E-state index is 14.4. The molecule has 0 saturated carbocycles. The van der Waals surface area contributed by atoms with Crippen molar-refractivity contribution in [1.29, 1.82) is 0 Å². The smallest absolute Gasteiger partial charge is 0.264 e. The third-order valence-electron chi connectivity index (χ3n) is 4.54. The van der Waals surface area contributed by atoms with E-state index in [-0.39, 0.29) is 23.0 Å². The molecule has 0 fully saturated rings. The summed E-state index contributed by atoms with van der Waals surface area (Å²) in [6.07, 6.45) is 5.95. The highest BCUT2D eigenvalue weighted by Gasteiger charge is 2.25. The van der Waals surface area contributed by atoms with E-state index in [1.807, 2.05) is 35.9 Å². The van der Waals surface area contributed by atoms with E-state index in [1.165, 1.54) is 34.4 Å². The number of benzene rings is 2. The van der Waals surface area contributed by atoms with Crippen LogP contribution in [0.3, 0.4) is 0 Å². The van der Waals surface area contributed by atoms with Gasteiger partial charge in [-0.05, 0) is 43.2 Å². The Hall–Kier alpha value is -2.48. The van der Waals surface area contributed by atoms with E-state index in [0.717, 1.165) is 15.8 Å². The minimum Gasteiger partial charge on any atom is -0.337 e. The van der Waals surface area contributed by atoms with Crippen molar-refractivity contribution in [3.05, 3.63) is 77.1 Å². The molecule has 0 N–H and O–H groups in total. The molecule has 0 spiro atoms. The summed E-state index contributed by atoms with van der Waals surface area (Å²) < 4.78 is 17.3. The first-order valence-electron chi connectivity index (χ1n) is 9.12. The second-order valence-corrected chi connectivity index (χ2v) is 8.09. The molecule has 0 aliphatic carbocycles. The summed E-state index contributed by atoms with van der Waals surface area (Å²) >= 11 is 7.57. The Kier molecular flexibility index (Phi) is 7.07. The molecule has 2 heterocycles. The first-order valence-corrected chi connectivity index (χ1v) is 10.3. The van der Waals surface area contributed by atoms with Gasteiger partial charge in [0, 0.05) is 25.5 Å². The Bertz CT molecular complexity index is 1140. The van der Waals surface area contributed by atoms with Gasteiger partial charge in [0.25, 0.3) is 5.91 Å². The van der Waals surface area contributed by atoms with Crippen molar-refractivity contribution in [2.24, 2.45) is 0 Å². The molecule has 0 aliphatic heterocycles. The minimum absolute atomic E-state index is 0. The largest absolute Gasteiger partial charge is 0.337 e. The first-order chi connectivity index (χ1) is 14.0. The molecule has 1 amide bonds. The van der Waals surface area contributed by atoms with Gasteiger partial charge in [0.2, 0.25) is 0 Å². The van der Waals surface area contributed by atoms with Crippen LogP contribution in [-0.4, -0.2) is 27.0 Å². The van der Waals surface area contributed by atoms with Crippen LogP contribution in [0.5, 0.6) is 0 Å². The van der Waals surface area contributed by atoms with Crippen molar-refractivity contribution in [1.82, 2.24) is 14.5 Å². The number of amides is 1. The standard InChI is InChI=1S/C21H18ClFN4OS.ClH/c1-14-6-7-17-18(12-14)29-21(25-17)27(10-3-9-26-11-8-24-13-26)20(28)19-15(22)4-2-5-16(19)23;/h2,4-8,11-13H,3,9-10H2,1H3;1H. The number of hydrogen-bond donors (Lipinski definition) is 0. The molecule has 4 rings (SSSR count). The Labute approximate surface area is 188 Å². The molecule has 0 bridgehead atoms. The van der Waals surface area contributed by atoms with Crippen LogP contribution in [0.15, 0.2) is 55.1 Å². The lowest BCUT2D eigenvalue weighted by molar-refractivity contribution is 0.0982. The fraction of sp³-hybridized carbons (Fsp3) is 0.190. The summed E-state index contributed by atoms with van der Waals surface area (Å²) in [6, 6.07) is 10.2. The van der Waals surface area contributed by atoms with Gasteiger partial charge in [-0.15, -0.1) is 12.4 Å². The van der Waals surface area contributed by atoms with E-state index < -0.39 is 11.7 Å². The molecule has 0 atom stereocenters. The summed E-state index contributed by atoms with van der Waals surface area (Å²) in [6.45, 7) is 3.06. The number of imidazole rings is 1. The quantitative estimate of drug-likeness (QED) is 0.364. The second-order valence-electron chi connectivity index (χ2n) is 6.68. The van der Waals surface area contributed by atoms with Gasteiger partial charge in [0.1, 0.15) is 5.82 Å². The summed E-state index contributed by atoms with van der Waals surface area (Å²) in [5.74, 6) is -1.13. The molecule has 2 aromatic carbocycles. The average Bonchev–Trinajstić information content (AvgIpc) is 3.34. The van der Waals surface area contributed by atoms with Crippen LogP contribution in [0.2, 0.25) is 5.02 Å². The number of nitrogens with zero attached hydrogens (tertiary/aromatic N) is 4. The number of fused-ring (bicyclic) bond motifs is 1. The van der Waals surface area contributed by atoms with E-state index in [2.05, 4.69) is 9.97 Å². The van der Waals surface area contributed by atoms with Crippen LogP contribution in [-0.2, 0) is 6.54 Å². The summed E-state index contributed by atoms with van der Waals surface area (Å²) in [5.41, 5.74) is 1.79. The van der Waals surface area contributed by atoms with Gasteiger partial charge in [-0.3, -0.25) is 9.69 Å². The Morgan fingerprint density at radius 2 is 2.13 bits per heavy atom. The predicted molar refractivity (Wildman–Crippen MR) is 122 cm³/mol. The number of thiazole rings is 1. The van der Waals surface area contributed by atoms with Gasteiger partial charge in [0.05, 0.1) is 27.1 Å². The minimum atomic E-state index is -0.640. The maximum Gasteiger partial charge on any atom is 0.264 e. The maximum atomic E-state index is 14.4. The number of aromatic nitrogens is 3. The Balaban J connectivity index is 0.00000256. The number of anilines is 1. The monoisotopic (exact) mass is 464 g/mol. The van der Waals surface area contributed by atoms with E-state index in [9.17, 15) is 9.18 Å². The predicted octanol–water partition coefficient (Wildman–Crippen LogP) is 5.75. The first kappa shape index (κ1) is 22.2. The van der Waals surface area contributed by atoms with Gasteiger partial charge >= 0.3 is 0 Å². The van der Waals surface area contributed by atoms with Crippen molar-refractivity contribution < 1.29 is 9.18 Å². The van der Waals surface area contributed by atoms with Crippen LogP contribution < -0.4 is 4.90 Å². The average molecular weight is 465 g/mol. The molecule has 0 saturated heterocycles. The third-order valence-corrected chi connectivity index (χ3v) is 5.90. The fourth-order valence-electron chi connectivity index (χ4n) is 3.09. The van der Waals surface area contributed by atoms with Gasteiger partial charge in [-0.1, -0.05) is 35.1 Å². The molecule has 156 valence electrons. The van der Waals surface area contributed by atoms with Gasteiger partial charge in [0.15, 0.2) is 5.13 Å². The van der Waals surface area contributed by atoms with Crippen LogP contribution in [0, 0.1) is 12.7 Å². The van der Waals surface area contributed by atoms with Gasteiger partial charge < -0.3 is 4.57 Å². The highest BCUT2D eigenvalue weighted by Crippen LogP contribution is 2.32. The molecule has 9 heteroatoms. The fourth-order valence-corrected chi connectivity index (χ4v) is 4.42. The molecule has 2 aromatic heterocycles. The number of halogens is 3. The Morgan fingerprint density at radius 1 is 1.30 bits per heavy atom. The van der Waals surface area contributed by atoms with Crippen LogP contribution in [0.4, 0.5) is 9.52 Å². The van der Waals surface area contributed by atoms with Crippen molar-refractivity contribution in [3.63, 3.8) is 0 Å². The summed E-state index contributed by atoms with van der Waals surface area (Å²) in [4.78, 5) is 23.4. The van der Waals surface area contributed by atoms with Crippen LogP contribution >= 0.6 is 35.3 Å². The molecular formula is C21H19Cl2FN4OS. The zero-order valence-corrected chi connectivity index (χ0v) is 18.5. The zero-order chi connectivity index (χ0) is 20.4. The molecule has 0 radical (unpaired) electrons. The van der Waals surface area contributed by atoms with Gasteiger partial charge in [-0.25, -0.2) is 14.4 Å². The number of hydrogen-bond acceptors (Lipinski definition) is 4. The summed E-state index contributed by atoms with van der Waals surface area (Å²) in [5, 5.41) is 0.618. The van der Waals surface area contributed by atoms with E-state index in [0.29, 0.717) is 24.6 Å². The Morgan fingerprint density at radius 3 is 2.87 bits per heavy atom. The molecule has 4 aromatic rings. The lowest BCUT2D eigenvalue weighted by Gasteiger charge is -2.21. The molecular weight excluding hydrogens is 446 g/mol. The van der Waals surface area contributed by atoms with E-state index >= 15 is 0 Å². The zero-order valence-electron chi connectivity index (χ0n) is 16.1. The SMILES string of the molecule is Cc1ccc2nc(N(CCCn3ccnc3)C(=O)c3c(F)cccc3Cl)sc2c1.Cl. The molecule has 5 nitrogen and oxygen atoms in total. The third kappa shape index (κ3) is 4.64. The van der Waals surface area contributed by atoms with E-state index in [4.69, 9.17) is 11.6 Å². The van der Waals surface area contributed by atoms with Crippen molar-refractivity contribution in [2.45, 2.75) is 19.9 Å². The van der Waals surface area contributed by atoms with Crippen molar-refractivity contribution in [2.75, 3.05) is 11.4 Å². The highest BCUT2D eigenvalue weighted by atomic mass is 35.5. The molecule has 0 aliphatic rings. The van der Waals surface area contributed by atoms with E-state index in [1.54, 1.807) is 12.5 Å². The number of carbonyl (C=O) groups is 1. The highest BCUT2D eigenvalue weighted by molar-refractivity contribution is 7.22. The normalized spacial score (nSPS) is 10.8. The molecule has 0 unspecified atom stereocenters. The van der Waals surface area contributed by atoms with Crippen molar-refractivity contribution >= 4 is 56.6 Å². The number of rotatable bonds is 6. The summed E-state index contributed by atoms with van der Waals surface area (Å²) in [7, 11) is 0. The van der Waals surface area contributed by atoms with Crippen LogP contribution in [0.25, 0.3) is 10.2 Å². The lowest BCUT2D eigenvalue weighted by atomic mass is 10.2. The molecule has 30 heavy (non-hydrogen) atoms. The lowest BCUT2D eigenvalue weighted by Crippen LogP contribution is -2.33. The van der Waals surface area contributed by atoms with Crippen LogP contribution in [0.1, 0.15) is 22.3 Å². The second kappa shape index (κ2) is 9.55. The number of aryl methyl sites for hydroxylation is 2. The van der Waals surface area contributed by atoms with Gasteiger partial charge in [-0.2, -0.15) is 0 Å².